The molecule has 0 atom stereocenters. The van der Waals surface area contributed by atoms with E-state index in [9.17, 15) is 0 Å². The van der Waals surface area contributed by atoms with Crippen LogP contribution in [-0.2, 0) is 15.2 Å². The summed E-state index contributed by atoms with van der Waals surface area (Å²) in [5.74, 6) is 0.743. The Balaban J connectivity index is 2.25. The molecule has 0 amide bonds. The molecule has 2 rings (SSSR count). The zero-order chi connectivity index (χ0) is 13.8. The van der Waals surface area contributed by atoms with Crippen LogP contribution in [0.15, 0.2) is 6.20 Å². The van der Waals surface area contributed by atoms with Crippen molar-refractivity contribution in [2.75, 3.05) is 13.2 Å². The summed E-state index contributed by atoms with van der Waals surface area (Å²) in [6.45, 7) is 9.09. The van der Waals surface area contributed by atoms with E-state index in [0.717, 1.165) is 22.9 Å². The van der Waals surface area contributed by atoms with Crippen molar-refractivity contribution in [3.05, 3.63) is 23.4 Å². The minimum Gasteiger partial charge on any atom is -0.334 e. The number of rotatable bonds is 6. The van der Waals surface area contributed by atoms with E-state index >= 15 is 0 Å². The van der Waals surface area contributed by atoms with Crippen molar-refractivity contribution in [3.63, 3.8) is 0 Å². The SMILES string of the molecule is CCOP(Cc1nc2c(C)ncc(C)n2n1)OCC. The highest BCUT2D eigenvalue weighted by molar-refractivity contribution is 7.46. The fourth-order valence-corrected chi connectivity index (χ4v) is 2.93. The fourth-order valence-electron chi connectivity index (χ4n) is 1.74. The van der Waals surface area contributed by atoms with Crippen molar-refractivity contribution in [3.8, 4) is 0 Å². The summed E-state index contributed by atoms with van der Waals surface area (Å²) in [6.07, 6.45) is 2.41. The highest BCUT2D eigenvalue weighted by Gasteiger charge is 2.16. The van der Waals surface area contributed by atoms with Gasteiger partial charge in [0.1, 0.15) is 0 Å². The predicted octanol–water partition coefficient (Wildman–Crippen LogP) is 2.63. The van der Waals surface area contributed by atoms with Gasteiger partial charge in [0, 0.05) is 6.20 Å². The average Bonchev–Trinajstić information content (AvgIpc) is 2.80. The van der Waals surface area contributed by atoms with Crippen LogP contribution in [0.5, 0.6) is 0 Å². The summed E-state index contributed by atoms with van der Waals surface area (Å²) >= 11 is 0. The van der Waals surface area contributed by atoms with Gasteiger partial charge in [-0.15, -0.1) is 0 Å². The molecule has 0 saturated carbocycles. The number of fused-ring (bicyclic) bond motifs is 1. The lowest BCUT2D eigenvalue weighted by molar-refractivity contribution is 0.268. The topological polar surface area (TPSA) is 61.5 Å². The molecule has 0 unspecified atom stereocenters. The van der Waals surface area contributed by atoms with Crippen LogP contribution in [0.25, 0.3) is 5.65 Å². The van der Waals surface area contributed by atoms with E-state index in [1.54, 1.807) is 6.20 Å². The molecule has 0 aromatic carbocycles. The van der Waals surface area contributed by atoms with Gasteiger partial charge in [-0.25, -0.2) is 9.50 Å². The van der Waals surface area contributed by atoms with Gasteiger partial charge in [0.25, 0.3) is 0 Å². The largest absolute Gasteiger partial charge is 0.334 e. The summed E-state index contributed by atoms with van der Waals surface area (Å²) in [6, 6.07) is 0. The average molecular weight is 282 g/mol. The Hall–Kier alpha value is -1.10. The fraction of sp³-hybridized carbons (Fsp3) is 0.583. The maximum atomic E-state index is 5.58. The molecule has 104 valence electrons. The van der Waals surface area contributed by atoms with Gasteiger partial charge in [-0.05, 0) is 27.7 Å². The first-order valence-corrected chi connectivity index (χ1v) is 7.73. The Kier molecular flexibility index (Phi) is 4.80. The molecule has 0 spiro atoms. The zero-order valence-electron chi connectivity index (χ0n) is 11.8. The molecular formula is C12H19N4O2P. The Morgan fingerprint density at radius 1 is 1.21 bits per heavy atom. The van der Waals surface area contributed by atoms with Gasteiger partial charge in [0.15, 0.2) is 19.8 Å². The van der Waals surface area contributed by atoms with Crippen LogP contribution < -0.4 is 0 Å². The minimum atomic E-state index is -0.952. The maximum absolute atomic E-state index is 5.58. The van der Waals surface area contributed by atoms with E-state index in [2.05, 4.69) is 15.1 Å². The molecule has 2 aromatic heterocycles. The summed E-state index contributed by atoms with van der Waals surface area (Å²) in [7, 11) is -0.952. The van der Waals surface area contributed by atoms with Crippen molar-refractivity contribution < 1.29 is 9.05 Å². The lowest BCUT2D eigenvalue weighted by atomic mass is 10.4. The molecular weight excluding hydrogens is 263 g/mol. The summed E-state index contributed by atoms with van der Waals surface area (Å²) in [5.41, 5.74) is 2.65. The van der Waals surface area contributed by atoms with E-state index in [4.69, 9.17) is 9.05 Å². The molecule has 0 fully saturated rings. The van der Waals surface area contributed by atoms with Gasteiger partial charge < -0.3 is 9.05 Å². The normalized spacial score (nSPS) is 11.6. The molecule has 0 N–H and O–H groups in total. The quantitative estimate of drug-likeness (QED) is 0.762. The number of hydrogen-bond acceptors (Lipinski definition) is 5. The monoisotopic (exact) mass is 282 g/mol. The molecule has 0 bridgehead atoms. The third-order valence-electron chi connectivity index (χ3n) is 2.57. The Bertz CT molecular complexity index is 513. The molecule has 0 saturated heterocycles. The lowest BCUT2D eigenvalue weighted by Crippen LogP contribution is -1.98. The first-order valence-electron chi connectivity index (χ1n) is 6.37. The van der Waals surface area contributed by atoms with Crippen LogP contribution in [0.3, 0.4) is 0 Å². The number of hydrogen-bond donors (Lipinski definition) is 0. The summed E-state index contributed by atoms with van der Waals surface area (Å²) < 4.78 is 13.0. The van der Waals surface area contributed by atoms with Crippen LogP contribution in [0.2, 0.25) is 0 Å². The minimum absolute atomic E-state index is 0.609. The predicted molar refractivity (Wildman–Crippen MR) is 74.1 cm³/mol. The second kappa shape index (κ2) is 6.37. The van der Waals surface area contributed by atoms with E-state index in [1.165, 1.54) is 0 Å². The summed E-state index contributed by atoms with van der Waals surface area (Å²) in [4.78, 5) is 8.81. The van der Waals surface area contributed by atoms with Crippen molar-refractivity contribution in [2.45, 2.75) is 33.9 Å². The second-order valence-corrected chi connectivity index (χ2v) is 5.57. The number of aryl methyl sites for hydroxylation is 2. The van der Waals surface area contributed by atoms with Crippen LogP contribution >= 0.6 is 8.38 Å². The molecule has 0 aliphatic carbocycles. The Morgan fingerprint density at radius 3 is 2.47 bits per heavy atom. The van der Waals surface area contributed by atoms with Crippen LogP contribution in [0, 0.1) is 13.8 Å². The second-order valence-electron chi connectivity index (χ2n) is 4.07. The summed E-state index contributed by atoms with van der Waals surface area (Å²) in [5, 5.41) is 4.50. The Morgan fingerprint density at radius 2 is 1.89 bits per heavy atom. The van der Waals surface area contributed by atoms with Crippen LogP contribution in [0.4, 0.5) is 0 Å². The lowest BCUT2D eigenvalue weighted by Gasteiger charge is -2.13. The van der Waals surface area contributed by atoms with Gasteiger partial charge in [0.2, 0.25) is 0 Å². The smallest absolute Gasteiger partial charge is 0.178 e. The zero-order valence-corrected chi connectivity index (χ0v) is 12.6. The van der Waals surface area contributed by atoms with Gasteiger partial charge in [-0.1, -0.05) is 0 Å². The molecule has 7 heteroatoms. The van der Waals surface area contributed by atoms with Crippen molar-refractivity contribution in [2.24, 2.45) is 0 Å². The van der Waals surface area contributed by atoms with Gasteiger partial charge >= 0.3 is 0 Å². The van der Waals surface area contributed by atoms with E-state index in [1.807, 2.05) is 32.2 Å². The van der Waals surface area contributed by atoms with E-state index in [-0.39, 0.29) is 0 Å². The van der Waals surface area contributed by atoms with Gasteiger partial charge in [-0.3, -0.25) is 4.98 Å². The molecule has 0 aliphatic heterocycles. The van der Waals surface area contributed by atoms with E-state index in [0.29, 0.717) is 19.4 Å². The van der Waals surface area contributed by atoms with Crippen molar-refractivity contribution >= 4 is 14.0 Å². The third-order valence-corrected chi connectivity index (χ3v) is 4.20. The van der Waals surface area contributed by atoms with Gasteiger partial charge in [0.05, 0.1) is 30.8 Å². The highest BCUT2D eigenvalue weighted by Crippen LogP contribution is 2.41. The van der Waals surface area contributed by atoms with E-state index < -0.39 is 8.38 Å². The first-order chi connectivity index (χ1) is 9.15. The Labute approximate surface area is 114 Å². The van der Waals surface area contributed by atoms with Crippen molar-refractivity contribution in [1.82, 2.24) is 19.6 Å². The first kappa shape index (κ1) is 14.3. The number of aromatic nitrogens is 4. The standard InChI is InChI=1S/C12H19N4O2P/c1-5-17-19(18-6-2)8-11-14-12-10(4)13-7-9(3)16(12)15-11/h7H,5-6,8H2,1-4H3. The highest BCUT2D eigenvalue weighted by atomic mass is 31.2. The van der Waals surface area contributed by atoms with Crippen LogP contribution in [-0.4, -0.2) is 32.8 Å². The van der Waals surface area contributed by atoms with Gasteiger partial charge in [-0.2, -0.15) is 5.10 Å². The third kappa shape index (κ3) is 3.26. The molecule has 0 radical (unpaired) electrons. The molecule has 2 aromatic rings. The van der Waals surface area contributed by atoms with Crippen molar-refractivity contribution in [1.29, 1.82) is 0 Å². The molecule has 6 nitrogen and oxygen atoms in total. The molecule has 19 heavy (non-hydrogen) atoms. The number of nitrogens with zero attached hydrogens (tertiary/aromatic N) is 4. The maximum Gasteiger partial charge on any atom is 0.178 e. The van der Waals surface area contributed by atoms with Crippen LogP contribution in [0.1, 0.15) is 31.1 Å². The molecule has 0 aliphatic rings. The molecule has 2 heterocycles.